The van der Waals surface area contributed by atoms with Crippen molar-refractivity contribution in [2.24, 2.45) is 0 Å². The van der Waals surface area contributed by atoms with Gasteiger partial charge >= 0.3 is 6.18 Å². The van der Waals surface area contributed by atoms with Crippen LogP contribution in [-0.4, -0.2) is 41.1 Å². The van der Waals surface area contributed by atoms with Crippen LogP contribution in [0.25, 0.3) is 0 Å². The Morgan fingerprint density at radius 2 is 2.14 bits per heavy atom. The molecule has 1 aliphatic rings. The monoisotopic (exact) mass is 335 g/mol. The fourth-order valence-corrected chi connectivity index (χ4v) is 2.11. The third-order valence-electron chi connectivity index (χ3n) is 2.70. The van der Waals surface area contributed by atoms with Gasteiger partial charge in [-0.1, -0.05) is 17.4 Å². The zero-order chi connectivity index (χ0) is 16.2. The molecule has 1 fully saturated rings. The lowest BCUT2D eigenvalue weighted by atomic mass is 10.1. The van der Waals surface area contributed by atoms with E-state index in [9.17, 15) is 22.8 Å². The first-order valence-electron chi connectivity index (χ1n) is 6.25. The number of hydrogen-bond donors (Lipinski definition) is 3. The Balaban J connectivity index is 1.74. The molecule has 1 saturated heterocycles. The van der Waals surface area contributed by atoms with Crippen LogP contribution in [0.5, 0.6) is 0 Å². The lowest BCUT2D eigenvalue weighted by Gasteiger charge is -2.25. The first-order valence-corrected chi connectivity index (χ1v) is 7.07. The van der Waals surface area contributed by atoms with Crippen molar-refractivity contribution in [3.05, 3.63) is 17.2 Å². The van der Waals surface area contributed by atoms with E-state index in [4.69, 9.17) is 0 Å². The summed E-state index contributed by atoms with van der Waals surface area (Å²) >= 11 is 0.236. The molecule has 7 nitrogen and oxygen atoms in total. The highest BCUT2D eigenvalue weighted by atomic mass is 32.1. The number of hydrogen-bond acceptors (Lipinski definition) is 6. The maximum absolute atomic E-state index is 12.3. The third-order valence-corrected chi connectivity index (χ3v) is 3.58. The Kier molecular flexibility index (Phi) is 5.08. The molecule has 2 heterocycles. The van der Waals surface area contributed by atoms with Crippen molar-refractivity contribution in [1.82, 2.24) is 20.8 Å². The average molecular weight is 335 g/mol. The van der Waals surface area contributed by atoms with Crippen molar-refractivity contribution in [3.8, 4) is 0 Å². The van der Waals surface area contributed by atoms with E-state index in [2.05, 4.69) is 26.1 Å². The standard InChI is InChI=1S/C11H12F3N5O2S/c12-11(13,14)9-18-19-10(22-9)17-7(20)2-1-4-16-8(21)6-3-5-15-6/h1-2,6,15H,3-5H2,(H,16,21)(H,17,19,20)/b2-1+/t6-/m0/s1. The SMILES string of the molecule is O=C(/C=C/CNC(=O)[C@@H]1CCN1)Nc1nnc(C(F)(F)F)s1. The summed E-state index contributed by atoms with van der Waals surface area (Å²) in [7, 11) is 0. The molecular weight excluding hydrogens is 323 g/mol. The fraction of sp³-hybridized carbons (Fsp3) is 0.455. The predicted octanol–water partition coefficient (Wildman–Crippen LogP) is 0.530. The number of halogens is 3. The molecule has 0 radical (unpaired) electrons. The first kappa shape index (κ1) is 16.4. The van der Waals surface area contributed by atoms with Crippen LogP contribution < -0.4 is 16.0 Å². The predicted molar refractivity (Wildman–Crippen MR) is 72.1 cm³/mol. The summed E-state index contributed by atoms with van der Waals surface area (Å²) in [6.45, 7) is 0.951. The molecule has 2 rings (SSSR count). The fourth-order valence-electron chi connectivity index (χ4n) is 1.50. The highest BCUT2D eigenvalue weighted by Gasteiger charge is 2.35. The largest absolute Gasteiger partial charge is 0.445 e. The van der Waals surface area contributed by atoms with Crippen LogP contribution in [0.2, 0.25) is 0 Å². The van der Waals surface area contributed by atoms with Crippen LogP contribution in [0.4, 0.5) is 18.3 Å². The first-order chi connectivity index (χ1) is 10.4. The maximum atomic E-state index is 12.3. The number of carbonyl (C=O) groups excluding carboxylic acids is 2. The third kappa shape index (κ3) is 4.49. The minimum atomic E-state index is -4.59. The van der Waals surface area contributed by atoms with Crippen molar-refractivity contribution < 1.29 is 22.8 Å². The molecule has 0 bridgehead atoms. The molecule has 11 heteroatoms. The average Bonchev–Trinajstić information content (AvgIpc) is 2.80. The summed E-state index contributed by atoms with van der Waals surface area (Å²) in [5, 5.41) is 12.5. The van der Waals surface area contributed by atoms with Crippen molar-refractivity contribution in [3.63, 3.8) is 0 Å². The van der Waals surface area contributed by atoms with E-state index in [0.29, 0.717) is 0 Å². The highest BCUT2D eigenvalue weighted by Crippen LogP contribution is 2.32. The number of alkyl halides is 3. The number of nitrogens with one attached hydrogen (secondary N) is 3. The van der Waals surface area contributed by atoms with Crippen LogP contribution in [0.15, 0.2) is 12.2 Å². The molecule has 0 aliphatic carbocycles. The van der Waals surface area contributed by atoms with Gasteiger partial charge in [-0.15, -0.1) is 10.2 Å². The molecule has 2 amide bonds. The van der Waals surface area contributed by atoms with Gasteiger partial charge in [0.25, 0.3) is 0 Å². The molecule has 1 atom stereocenters. The quantitative estimate of drug-likeness (QED) is 0.682. The van der Waals surface area contributed by atoms with Gasteiger partial charge in [0.2, 0.25) is 22.0 Å². The number of carbonyl (C=O) groups is 2. The topological polar surface area (TPSA) is 96.0 Å². The maximum Gasteiger partial charge on any atom is 0.445 e. The summed E-state index contributed by atoms with van der Waals surface area (Å²) in [5.74, 6) is -0.809. The van der Waals surface area contributed by atoms with Gasteiger partial charge in [-0.3, -0.25) is 14.9 Å². The molecule has 0 aromatic carbocycles. The normalized spacial score (nSPS) is 18.0. The van der Waals surface area contributed by atoms with E-state index in [1.165, 1.54) is 6.08 Å². The molecule has 0 saturated carbocycles. The van der Waals surface area contributed by atoms with E-state index in [0.717, 1.165) is 19.0 Å². The van der Waals surface area contributed by atoms with Crippen LogP contribution in [-0.2, 0) is 15.8 Å². The van der Waals surface area contributed by atoms with E-state index in [-0.39, 0.29) is 35.0 Å². The number of anilines is 1. The number of amides is 2. The Morgan fingerprint density at radius 3 is 2.68 bits per heavy atom. The van der Waals surface area contributed by atoms with Crippen molar-refractivity contribution >= 4 is 28.3 Å². The smallest absolute Gasteiger partial charge is 0.351 e. The van der Waals surface area contributed by atoms with Crippen molar-refractivity contribution in [1.29, 1.82) is 0 Å². The second kappa shape index (κ2) is 6.83. The summed E-state index contributed by atoms with van der Waals surface area (Å²) < 4.78 is 36.9. The zero-order valence-corrected chi connectivity index (χ0v) is 11.9. The summed E-state index contributed by atoms with van der Waals surface area (Å²) in [6.07, 6.45) is -1.33. The minimum absolute atomic E-state index is 0.147. The molecule has 120 valence electrons. The van der Waals surface area contributed by atoms with E-state index >= 15 is 0 Å². The summed E-state index contributed by atoms with van der Waals surface area (Å²) in [6, 6.07) is -0.190. The van der Waals surface area contributed by atoms with Crippen LogP contribution >= 0.6 is 11.3 Å². The van der Waals surface area contributed by atoms with Gasteiger partial charge in [0.1, 0.15) is 0 Å². The Hall–Kier alpha value is -2.01. The van der Waals surface area contributed by atoms with Gasteiger partial charge < -0.3 is 10.6 Å². The van der Waals surface area contributed by atoms with Gasteiger partial charge in [0, 0.05) is 12.6 Å². The van der Waals surface area contributed by atoms with Gasteiger partial charge in [-0.25, -0.2) is 0 Å². The van der Waals surface area contributed by atoms with Crippen molar-refractivity contribution in [2.45, 2.75) is 18.6 Å². The number of nitrogens with zero attached hydrogens (tertiary/aromatic N) is 2. The lowest BCUT2D eigenvalue weighted by molar-refractivity contribution is -0.138. The van der Waals surface area contributed by atoms with Gasteiger partial charge in [-0.2, -0.15) is 13.2 Å². The zero-order valence-electron chi connectivity index (χ0n) is 11.1. The molecule has 0 unspecified atom stereocenters. The van der Waals surface area contributed by atoms with Gasteiger partial charge in [-0.05, 0) is 13.0 Å². The Labute approximate surface area is 127 Å². The molecule has 22 heavy (non-hydrogen) atoms. The minimum Gasteiger partial charge on any atom is -0.351 e. The number of aromatic nitrogens is 2. The molecular formula is C11H12F3N5O2S. The summed E-state index contributed by atoms with van der Waals surface area (Å²) in [4.78, 5) is 22.9. The summed E-state index contributed by atoms with van der Waals surface area (Å²) in [5.41, 5.74) is 0. The van der Waals surface area contributed by atoms with E-state index < -0.39 is 17.1 Å². The van der Waals surface area contributed by atoms with Gasteiger partial charge in [0.05, 0.1) is 6.04 Å². The van der Waals surface area contributed by atoms with Crippen LogP contribution in [0, 0.1) is 0 Å². The van der Waals surface area contributed by atoms with Gasteiger partial charge in [0.15, 0.2) is 0 Å². The molecule has 0 spiro atoms. The second-order valence-corrected chi connectivity index (χ2v) is 5.32. The van der Waals surface area contributed by atoms with Crippen LogP contribution in [0.3, 0.4) is 0 Å². The second-order valence-electron chi connectivity index (χ2n) is 4.34. The highest BCUT2D eigenvalue weighted by molar-refractivity contribution is 7.15. The Bertz CT molecular complexity index is 583. The molecule has 1 aromatic heterocycles. The van der Waals surface area contributed by atoms with E-state index in [1.54, 1.807) is 0 Å². The number of rotatable bonds is 5. The van der Waals surface area contributed by atoms with Crippen molar-refractivity contribution in [2.75, 3.05) is 18.4 Å². The molecule has 1 aromatic rings. The Morgan fingerprint density at radius 1 is 1.41 bits per heavy atom. The van der Waals surface area contributed by atoms with Crippen LogP contribution in [0.1, 0.15) is 11.4 Å². The lowest BCUT2D eigenvalue weighted by Crippen LogP contribution is -2.53. The molecule has 3 N–H and O–H groups in total. The molecule has 1 aliphatic heterocycles. The van der Waals surface area contributed by atoms with E-state index in [1.807, 2.05) is 0 Å².